The lowest BCUT2D eigenvalue weighted by molar-refractivity contribution is 0.259. The van der Waals surface area contributed by atoms with Crippen molar-refractivity contribution in [3.05, 3.63) is 29.8 Å². The van der Waals surface area contributed by atoms with Crippen molar-refractivity contribution in [2.24, 2.45) is 10.9 Å². The average molecular weight is 376 g/mol. The van der Waals surface area contributed by atoms with E-state index in [0.717, 1.165) is 36.9 Å². The van der Waals surface area contributed by atoms with E-state index in [1.807, 2.05) is 25.2 Å². The second kappa shape index (κ2) is 10.5. The summed E-state index contributed by atoms with van der Waals surface area (Å²) in [7, 11) is 5.93. The standard InChI is InChI=1S/C21H37N5O/c1-16(2)26-14-17(3)19(15-26)24-21(22-4)23-13-18-9-7-8-10-20(18)27-12-11-25(5)6/h7-10,16-17,19H,11-15H2,1-6H3,(H2,22,23,24). The molecule has 2 unspecified atom stereocenters. The molecule has 0 saturated carbocycles. The van der Waals surface area contributed by atoms with Gasteiger partial charge in [-0.1, -0.05) is 25.1 Å². The van der Waals surface area contributed by atoms with Crippen molar-refractivity contribution >= 4 is 5.96 Å². The van der Waals surface area contributed by atoms with Crippen LogP contribution in [0.25, 0.3) is 0 Å². The SMILES string of the molecule is CN=C(NCc1ccccc1OCCN(C)C)NC1CN(C(C)C)CC1C. The molecule has 0 spiro atoms. The highest BCUT2D eigenvalue weighted by Crippen LogP contribution is 2.19. The number of ether oxygens (including phenoxy) is 1. The topological polar surface area (TPSA) is 52.1 Å². The van der Waals surface area contributed by atoms with Gasteiger partial charge in [-0.05, 0) is 39.9 Å². The second-order valence-electron chi connectivity index (χ2n) is 7.96. The maximum atomic E-state index is 5.96. The third-order valence-electron chi connectivity index (χ3n) is 5.13. The molecule has 1 aliphatic heterocycles. The molecule has 0 bridgehead atoms. The van der Waals surface area contributed by atoms with Crippen LogP contribution in [-0.2, 0) is 6.54 Å². The maximum absolute atomic E-state index is 5.96. The molecule has 0 radical (unpaired) electrons. The molecule has 0 aliphatic carbocycles. The number of nitrogens with one attached hydrogen (secondary N) is 2. The van der Waals surface area contributed by atoms with E-state index in [4.69, 9.17) is 4.74 Å². The molecule has 2 N–H and O–H groups in total. The third kappa shape index (κ3) is 6.70. The van der Waals surface area contributed by atoms with Crippen LogP contribution in [0.4, 0.5) is 0 Å². The van der Waals surface area contributed by atoms with Gasteiger partial charge in [0, 0.05) is 50.9 Å². The number of aliphatic imine (C=N–C) groups is 1. The number of hydrogen-bond donors (Lipinski definition) is 2. The molecule has 1 aliphatic rings. The minimum atomic E-state index is 0.421. The fourth-order valence-electron chi connectivity index (χ4n) is 3.29. The predicted octanol–water partition coefficient (Wildman–Crippen LogP) is 2.02. The molecular weight excluding hydrogens is 338 g/mol. The zero-order valence-electron chi connectivity index (χ0n) is 17.8. The largest absolute Gasteiger partial charge is 0.492 e. The van der Waals surface area contributed by atoms with E-state index in [2.05, 4.69) is 66.4 Å². The second-order valence-corrected chi connectivity index (χ2v) is 7.96. The minimum absolute atomic E-state index is 0.421. The first-order chi connectivity index (χ1) is 12.9. The Morgan fingerprint density at radius 2 is 2.04 bits per heavy atom. The Hall–Kier alpha value is -1.79. The van der Waals surface area contributed by atoms with Crippen molar-refractivity contribution in [2.45, 2.75) is 39.4 Å². The number of rotatable bonds is 8. The minimum Gasteiger partial charge on any atom is -0.492 e. The predicted molar refractivity (Wildman–Crippen MR) is 113 cm³/mol. The van der Waals surface area contributed by atoms with E-state index in [1.165, 1.54) is 0 Å². The number of para-hydroxylation sites is 1. The summed E-state index contributed by atoms with van der Waals surface area (Å²) in [5, 5.41) is 7.04. The van der Waals surface area contributed by atoms with Gasteiger partial charge in [-0.3, -0.25) is 9.89 Å². The molecule has 2 rings (SSSR count). The van der Waals surface area contributed by atoms with Gasteiger partial charge in [0.1, 0.15) is 12.4 Å². The molecule has 1 aromatic rings. The lowest BCUT2D eigenvalue weighted by Crippen LogP contribution is -2.46. The van der Waals surface area contributed by atoms with Gasteiger partial charge >= 0.3 is 0 Å². The molecule has 1 fully saturated rings. The van der Waals surface area contributed by atoms with E-state index in [1.54, 1.807) is 0 Å². The number of likely N-dealkylation sites (N-methyl/N-ethyl adjacent to an activating group) is 1. The van der Waals surface area contributed by atoms with Gasteiger partial charge in [-0.25, -0.2) is 0 Å². The van der Waals surface area contributed by atoms with Gasteiger partial charge in [0.05, 0.1) is 0 Å². The summed E-state index contributed by atoms with van der Waals surface area (Å²) < 4.78 is 5.96. The normalized spacial score (nSPS) is 21.1. The van der Waals surface area contributed by atoms with E-state index < -0.39 is 0 Å². The average Bonchev–Trinajstić information content (AvgIpc) is 3.00. The fourth-order valence-corrected chi connectivity index (χ4v) is 3.29. The molecule has 1 saturated heterocycles. The lowest BCUT2D eigenvalue weighted by atomic mass is 10.1. The van der Waals surface area contributed by atoms with E-state index in [0.29, 0.717) is 31.2 Å². The van der Waals surface area contributed by atoms with Crippen molar-refractivity contribution < 1.29 is 4.74 Å². The number of benzene rings is 1. The van der Waals surface area contributed by atoms with Crippen molar-refractivity contribution in [1.82, 2.24) is 20.4 Å². The van der Waals surface area contributed by atoms with Crippen molar-refractivity contribution in [2.75, 3.05) is 47.4 Å². The Kier molecular flexibility index (Phi) is 8.38. The van der Waals surface area contributed by atoms with Crippen LogP contribution in [0.15, 0.2) is 29.3 Å². The van der Waals surface area contributed by atoms with E-state index in [-0.39, 0.29) is 0 Å². The van der Waals surface area contributed by atoms with Crippen LogP contribution in [-0.4, -0.2) is 75.2 Å². The van der Waals surface area contributed by atoms with Crippen LogP contribution in [0.5, 0.6) is 5.75 Å². The third-order valence-corrected chi connectivity index (χ3v) is 5.13. The number of guanidine groups is 1. The smallest absolute Gasteiger partial charge is 0.191 e. The highest BCUT2D eigenvalue weighted by Gasteiger charge is 2.31. The Labute approximate surface area is 165 Å². The molecule has 6 heteroatoms. The number of hydrogen-bond acceptors (Lipinski definition) is 4. The van der Waals surface area contributed by atoms with Gasteiger partial charge in [0.15, 0.2) is 5.96 Å². The summed E-state index contributed by atoms with van der Waals surface area (Å²) in [5.74, 6) is 2.38. The lowest BCUT2D eigenvalue weighted by Gasteiger charge is -2.22. The van der Waals surface area contributed by atoms with Crippen LogP contribution >= 0.6 is 0 Å². The summed E-state index contributed by atoms with van der Waals surface area (Å²) in [6, 6.07) is 9.20. The Balaban J connectivity index is 1.89. The Bertz CT molecular complexity index is 602. The monoisotopic (exact) mass is 375 g/mol. The van der Waals surface area contributed by atoms with Gasteiger partial charge in [0.25, 0.3) is 0 Å². The Morgan fingerprint density at radius 1 is 1.30 bits per heavy atom. The first kappa shape index (κ1) is 21.5. The van der Waals surface area contributed by atoms with Crippen molar-refractivity contribution in [3.8, 4) is 5.75 Å². The molecule has 0 amide bonds. The van der Waals surface area contributed by atoms with Crippen molar-refractivity contribution in [1.29, 1.82) is 0 Å². The molecular formula is C21H37N5O. The summed E-state index contributed by atoms with van der Waals surface area (Å²) in [4.78, 5) is 9.05. The van der Waals surface area contributed by atoms with Gasteiger partial charge in [-0.2, -0.15) is 0 Å². The van der Waals surface area contributed by atoms with E-state index >= 15 is 0 Å². The Morgan fingerprint density at radius 3 is 2.67 bits per heavy atom. The molecule has 152 valence electrons. The molecule has 6 nitrogen and oxygen atoms in total. The van der Waals surface area contributed by atoms with Crippen LogP contribution in [0.1, 0.15) is 26.3 Å². The first-order valence-corrected chi connectivity index (χ1v) is 9.97. The summed E-state index contributed by atoms with van der Waals surface area (Å²) in [6.45, 7) is 11.3. The van der Waals surface area contributed by atoms with Crippen LogP contribution in [0.2, 0.25) is 0 Å². The summed E-state index contributed by atoms with van der Waals surface area (Å²) >= 11 is 0. The summed E-state index contributed by atoms with van der Waals surface area (Å²) in [5.41, 5.74) is 1.14. The van der Waals surface area contributed by atoms with Gasteiger partial charge < -0.3 is 20.3 Å². The zero-order chi connectivity index (χ0) is 19.8. The molecule has 1 aromatic carbocycles. The quantitative estimate of drug-likeness (QED) is 0.538. The highest BCUT2D eigenvalue weighted by molar-refractivity contribution is 5.80. The number of likely N-dealkylation sites (tertiary alicyclic amines) is 1. The molecule has 27 heavy (non-hydrogen) atoms. The van der Waals surface area contributed by atoms with Crippen LogP contribution < -0.4 is 15.4 Å². The van der Waals surface area contributed by atoms with Crippen molar-refractivity contribution in [3.63, 3.8) is 0 Å². The van der Waals surface area contributed by atoms with Crippen LogP contribution in [0.3, 0.4) is 0 Å². The van der Waals surface area contributed by atoms with Gasteiger partial charge in [0.2, 0.25) is 0 Å². The van der Waals surface area contributed by atoms with Gasteiger partial charge in [-0.15, -0.1) is 0 Å². The highest BCUT2D eigenvalue weighted by atomic mass is 16.5. The first-order valence-electron chi connectivity index (χ1n) is 9.97. The fraction of sp³-hybridized carbons (Fsp3) is 0.667. The van der Waals surface area contributed by atoms with Crippen LogP contribution in [0, 0.1) is 5.92 Å². The number of nitrogens with zero attached hydrogens (tertiary/aromatic N) is 3. The zero-order valence-corrected chi connectivity index (χ0v) is 17.8. The molecule has 0 aromatic heterocycles. The molecule has 2 atom stereocenters. The molecule has 1 heterocycles. The van der Waals surface area contributed by atoms with E-state index in [9.17, 15) is 0 Å². The summed E-state index contributed by atoms with van der Waals surface area (Å²) in [6.07, 6.45) is 0. The maximum Gasteiger partial charge on any atom is 0.191 e.